The minimum atomic E-state index is -3.08. The number of nitrogens with zero attached hydrogens (tertiary/aromatic N) is 5. The molecule has 4 fully saturated rings. The van der Waals surface area contributed by atoms with Gasteiger partial charge in [0.15, 0.2) is 5.82 Å². The van der Waals surface area contributed by atoms with Crippen LogP contribution in [0, 0.1) is 12.3 Å². The lowest BCUT2D eigenvalue weighted by molar-refractivity contribution is 0.242. The van der Waals surface area contributed by atoms with Gasteiger partial charge in [-0.05, 0) is 51.6 Å². The number of fused-ring (bicyclic) bond motifs is 1. The smallest absolute Gasteiger partial charge is 0.223 e. The number of aryl methyl sites for hydroxylation is 1. The van der Waals surface area contributed by atoms with Crippen LogP contribution < -0.4 is 15.5 Å². The molecule has 9 nitrogen and oxygen atoms in total. The Morgan fingerprint density at radius 2 is 1.94 bits per heavy atom. The predicted octanol–water partition coefficient (Wildman–Crippen LogP) is 1.50. The van der Waals surface area contributed by atoms with Crippen LogP contribution in [0.25, 0.3) is 10.9 Å². The van der Waals surface area contributed by atoms with E-state index in [1.165, 1.54) is 6.42 Å². The van der Waals surface area contributed by atoms with Crippen LogP contribution in [-0.2, 0) is 10.0 Å². The molecule has 0 amide bonds. The second kappa shape index (κ2) is 7.50. The number of pyridine rings is 1. The zero-order chi connectivity index (χ0) is 21.9. The number of hydrogen-bond donors (Lipinski definition) is 2. The standard InChI is InChI=1S/C22H31N7O2S/c1-15-10-16-11-24-21(26-17-4-8-29(9-5-17)32(30,31)18-2-3-18)27-19(16)20(25-15)28-13-22(14-28)6-7-23-12-22/h10-11,17-18,23H,2-9,12-14H2,1H3,(H,24,26,27). The number of aromatic nitrogens is 3. The maximum Gasteiger partial charge on any atom is 0.223 e. The van der Waals surface area contributed by atoms with Gasteiger partial charge in [0.2, 0.25) is 16.0 Å². The van der Waals surface area contributed by atoms with Gasteiger partial charge in [0.05, 0.1) is 5.25 Å². The van der Waals surface area contributed by atoms with E-state index in [9.17, 15) is 8.42 Å². The Balaban J connectivity index is 1.18. The second-order valence-electron chi connectivity index (χ2n) is 10.1. The van der Waals surface area contributed by atoms with E-state index in [4.69, 9.17) is 9.97 Å². The Bertz CT molecular complexity index is 1130. The van der Waals surface area contributed by atoms with Gasteiger partial charge in [-0.1, -0.05) is 0 Å². The summed E-state index contributed by atoms with van der Waals surface area (Å²) in [5.41, 5.74) is 2.26. The molecule has 1 aliphatic carbocycles. The molecule has 5 heterocycles. The highest BCUT2D eigenvalue weighted by molar-refractivity contribution is 7.90. The van der Waals surface area contributed by atoms with Gasteiger partial charge in [0.25, 0.3) is 0 Å². The number of nitrogens with one attached hydrogen (secondary N) is 2. The molecule has 3 saturated heterocycles. The van der Waals surface area contributed by atoms with Crippen molar-refractivity contribution in [3.8, 4) is 0 Å². The molecule has 0 atom stereocenters. The van der Waals surface area contributed by atoms with Crippen LogP contribution in [0.15, 0.2) is 12.3 Å². The van der Waals surface area contributed by atoms with Crippen molar-refractivity contribution in [3.63, 3.8) is 0 Å². The molecule has 0 aromatic carbocycles. The lowest BCUT2D eigenvalue weighted by atomic mass is 9.79. The number of hydrogen-bond acceptors (Lipinski definition) is 8. The average Bonchev–Trinajstić information content (AvgIpc) is 3.51. The van der Waals surface area contributed by atoms with E-state index in [0.717, 1.165) is 74.3 Å². The predicted molar refractivity (Wildman–Crippen MR) is 124 cm³/mol. The number of rotatable bonds is 5. The fraction of sp³-hybridized carbons (Fsp3) is 0.682. The van der Waals surface area contributed by atoms with Crippen LogP contribution in [0.4, 0.5) is 11.8 Å². The molecule has 1 saturated carbocycles. The lowest BCUT2D eigenvalue weighted by Crippen LogP contribution is -2.58. The third-order valence-corrected chi connectivity index (χ3v) is 9.85. The van der Waals surface area contributed by atoms with E-state index in [1.807, 2.05) is 19.2 Å². The van der Waals surface area contributed by atoms with Crippen molar-refractivity contribution >= 4 is 32.7 Å². The van der Waals surface area contributed by atoms with E-state index in [0.29, 0.717) is 24.5 Å². The third kappa shape index (κ3) is 3.62. The van der Waals surface area contributed by atoms with Crippen molar-refractivity contribution in [2.45, 2.75) is 50.3 Å². The largest absolute Gasteiger partial charge is 0.353 e. The number of piperidine rings is 1. The summed E-state index contributed by atoms with van der Waals surface area (Å²) >= 11 is 0. The molecule has 1 spiro atoms. The van der Waals surface area contributed by atoms with Gasteiger partial charge in [-0.25, -0.2) is 27.7 Å². The summed E-state index contributed by atoms with van der Waals surface area (Å²) in [6.45, 7) is 7.39. The molecule has 0 unspecified atom stereocenters. The molecule has 10 heteroatoms. The van der Waals surface area contributed by atoms with E-state index >= 15 is 0 Å². The average molecular weight is 458 g/mol. The van der Waals surface area contributed by atoms with Crippen molar-refractivity contribution in [1.82, 2.24) is 24.6 Å². The highest BCUT2D eigenvalue weighted by atomic mass is 32.2. The summed E-state index contributed by atoms with van der Waals surface area (Å²) in [6, 6.07) is 2.22. The molecule has 4 aliphatic rings. The van der Waals surface area contributed by atoms with Crippen LogP contribution in [0.5, 0.6) is 0 Å². The van der Waals surface area contributed by atoms with Crippen LogP contribution >= 0.6 is 0 Å². The summed E-state index contributed by atoms with van der Waals surface area (Å²) in [5, 5.41) is 7.82. The molecular weight excluding hydrogens is 426 g/mol. The van der Waals surface area contributed by atoms with Crippen molar-refractivity contribution in [1.29, 1.82) is 0 Å². The third-order valence-electron chi connectivity index (χ3n) is 7.45. The molecule has 2 N–H and O–H groups in total. The van der Waals surface area contributed by atoms with E-state index in [2.05, 4.69) is 20.5 Å². The zero-order valence-electron chi connectivity index (χ0n) is 18.5. The topological polar surface area (TPSA) is 103 Å². The van der Waals surface area contributed by atoms with Crippen molar-refractivity contribution in [2.24, 2.45) is 5.41 Å². The fourth-order valence-corrected chi connectivity index (χ4v) is 7.31. The zero-order valence-corrected chi connectivity index (χ0v) is 19.4. The first-order valence-corrected chi connectivity index (χ1v) is 13.3. The van der Waals surface area contributed by atoms with Gasteiger partial charge in [0.1, 0.15) is 5.52 Å². The highest BCUT2D eigenvalue weighted by Crippen LogP contribution is 2.40. The molecule has 32 heavy (non-hydrogen) atoms. The molecule has 6 rings (SSSR count). The fourth-order valence-electron chi connectivity index (χ4n) is 5.44. The van der Waals surface area contributed by atoms with Crippen LogP contribution in [0.1, 0.15) is 37.8 Å². The minimum Gasteiger partial charge on any atom is -0.353 e. The van der Waals surface area contributed by atoms with Gasteiger partial charge >= 0.3 is 0 Å². The lowest BCUT2D eigenvalue weighted by Gasteiger charge is -2.48. The van der Waals surface area contributed by atoms with E-state index in [-0.39, 0.29) is 11.3 Å². The Labute approximate surface area is 189 Å². The molecule has 2 aromatic rings. The second-order valence-corrected chi connectivity index (χ2v) is 12.3. The van der Waals surface area contributed by atoms with Gasteiger partial charge in [-0.15, -0.1) is 0 Å². The van der Waals surface area contributed by atoms with Gasteiger partial charge in [-0.3, -0.25) is 0 Å². The molecule has 0 radical (unpaired) electrons. The molecular formula is C22H31N7O2S. The van der Waals surface area contributed by atoms with Gasteiger partial charge < -0.3 is 15.5 Å². The number of sulfonamides is 1. The molecule has 3 aliphatic heterocycles. The van der Waals surface area contributed by atoms with Crippen molar-refractivity contribution < 1.29 is 8.42 Å². The number of anilines is 2. The maximum absolute atomic E-state index is 12.5. The summed E-state index contributed by atoms with van der Waals surface area (Å²) in [7, 11) is -3.08. The Morgan fingerprint density at radius 3 is 2.62 bits per heavy atom. The summed E-state index contributed by atoms with van der Waals surface area (Å²) < 4.78 is 26.6. The Kier molecular flexibility index (Phi) is 4.82. The SMILES string of the molecule is Cc1cc2cnc(NC3CCN(S(=O)(=O)C4CC4)CC3)nc2c(N2CC3(CCNC3)C2)n1. The summed E-state index contributed by atoms with van der Waals surface area (Å²) in [4.78, 5) is 16.6. The maximum atomic E-state index is 12.5. The molecule has 2 aromatic heterocycles. The highest BCUT2D eigenvalue weighted by Gasteiger charge is 2.46. The quantitative estimate of drug-likeness (QED) is 0.696. The van der Waals surface area contributed by atoms with E-state index < -0.39 is 10.0 Å². The first-order valence-electron chi connectivity index (χ1n) is 11.8. The minimum absolute atomic E-state index is 0.133. The Morgan fingerprint density at radius 1 is 1.16 bits per heavy atom. The molecule has 0 bridgehead atoms. The monoisotopic (exact) mass is 457 g/mol. The van der Waals surface area contributed by atoms with Crippen LogP contribution in [-0.4, -0.2) is 78.2 Å². The van der Waals surface area contributed by atoms with Gasteiger partial charge in [-0.2, -0.15) is 0 Å². The van der Waals surface area contributed by atoms with Gasteiger partial charge in [0, 0.05) is 61.5 Å². The van der Waals surface area contributed by atoms with Crippen LogP contribution in [0.3, 0.4) is 0 Å². The normalized spacial score (nSPS) is 24.2. The van der Waals surface area contributed by atoms with E-state index in [1.54, 1.807) is 4.31 Å². The Hall–Kier alpha value is -2.04. The van der Waals surface area contributed by atoms with Crippen molar-refractivity contribution in [3.05, 3.63) is 18.0 Å². The van der Waals surface area contributed by atoms with Crippen LogP contribution in [0.2, 0.25) is 0 Å². The summed E-state index contributed by atoms with van der Waals surface area (Å²) in [5.74, 6) is 1.55. The first-order chi connectivity index (χ1) is 15.4. The van der Waals surface area contributed by atoms with Crippen molar-refractivity contribution in [2.75, 3.05) is 49.5 Å². The molecule has 172 valence electrons. The summed E-state index contributed by atoms with van der Waals surface area (Å²) in [6.07, 6.45) is 6.28. The first kappa shape index (κ1) is 20.6.